The zero-order chi connectivity index (χ0) is 19.9. The number of anilines is 2. The Bertz CT molecular complexity index is 955. The van der Waals surface area contributed by atoms with Crippen LogP contribution in [-0.4, -0.2) is 25.1 Å². The summed E-state index contributed by atoms with van der Waals surface area (Å²) in [5, 5.41) is 6.13. The van der Waals surface area contributed by atoms with Crippen LogP contribution in [0.3, 0.4) is 0 Å². The topological polar surface area (TPSA) is 72.5 Å². The third-order valence-electron chi connectivity index (χ3n) is 4.25. The van der Waals surface area contributed by atoms with Gasteiger partial charge in [-0.3, -0.25) is 4.79 Å². The molecule has 6 nitrogen and oxygen atoms in total. The van der Waals surface area contributed by atoms with Gasteiger partial charge in [-0.2, -0.15) is 0 Å². The molecule has 3 aromatic rings. The molecule has 0 saturated carbocycles. The number of carbonyl (C=O) groups excluding carboxylic acids is 1. The van der Waals surface area contributed by atoms with Crippen molar-refractivity contribution in [3.8, 4) is 11.5 Å². The molecule has 2 aromatic carbocycles. The van der Waals surface area contributed by atoms with Crippen molar-refractivity contribution >= 4 is 17.4 Å². The number of nitrogens with one attached hydrogen (secondary N) is 2. The molecule has 2 N–H and O–H groups in total. The van der Waals surface area contributed by atoms with E-state index in [4.69, 9.17) is 9.47 Å². The third-order valence-corrected chi connectivity index (χ3v) is 4.25. The minimum Gasteiger partial charge on any atom is -0.497 e. The molecule has 0 aliphatic rings. The molecule has 28 heavy (non-hydrogen) atoms. The molecule has 0 spiro atoms. The Balaban J connectivity index is 1.68. The van der Waals surface area contributed by atoms with E-state index in [2.05, 4.69) is 15.6 Å². The number of carbonyl (C=O) groups is 1. The Kier molecular flexibility index (Phi) is 6.11. The number of benzene rings is 2. The molecule has 1 amide bonds. The summed E-state index contributed by atoms with van der Waals surface area (Å²) < 4.78 is 10.5. The van der Waals surface area contributed by atoms with Gasteiger partial charge in [-0.25, -0.2) is 4.98 Å². The molecule has 0 aliphatic heterocycles. The van der Waals surface area contributed by atoms with Crippen molar-refractivity contribution in [2.24, 2.45) is 0 Å². The number of aromatic nitrogens is 1. The van der Waals surface area contributed by atoms with Crippen LogP contribution in [0, 0.1) is 6.92 Å². The second-order valence-corrected chi connectivity index (χ2v) is 6.29. The van der Waals surface area contributed by atoms with E-state index in [1.54, 1.807) is 32.5 Å². The molecule has 1 aromatic heterocycles. The number of aryl methyl sites for hydroxylation is 1. The van der Waals surface area contributed by atoms with Crippen LogP contribution in [0.15, 0.2) is 60.8 Å². The molecule has 0 radical (unpaired) electrons. The largest absolute Gasteiger partial charge is 0.497 e. The van der Waals surface area contributed by atoms with Crippen LogP contribution in [-0.2, 0) is 6.54 Å². The Morgan fingerprint density at radius 2 is 1.79 bits per heavy atom. The van der Waals surface area contributed by atoms with Gasteiger partial charge in [0.15, 0.2) is 0 Å². The Hall–Kier alpha value is -3.54. The summed E-state index contributed by atoms with van der Waals surface area (Å²) in [6.07, 6.45) is 1.60. The van der Waals surface area contributed by atoms with E-state index in [0.717, 1.165) is 22.6 Å². The van der Waals surface area contributed by atoms with Gasteiger partial charge in [0.1, 0.15) is 17.3 Å². The molecule has 0 fully saturated rings. The monoisotopic (exact) mass is 377 g/mol. The molecule has 0 bridgehead atoms. The van der Waals surface area contributed by atoms with E-state index in [1.807, 2.05) is 49.4 Å². The fourth-order valence-electron chi connectivity index (χ4n) is 2.73. The number of hydrogen-bond donors (Lipinski definition) is 2. The van der Waals surface area contributed by atoms with E-state index in [-0.39, 0.29) is 5.91 Å². The first-order chi connectivity index (χ1) is 13.6. The van der Waals surface area contributed by atoms with Crippen molar-refractivity contribution in [1.82, 2.24) is 10.3 Å². The lowest BCUT2D eigenvalue weighted by atomic mass is 10.2. The molecule has 0 saturated heterocycles. The van der Waals surface area contributed by atoms with E-state index >= 15 is 0 Å². The normalized spacial score (nSPS) is 10.2. The minimum absolute atomic E-state index is 0.169. The molecule has 3 rings (SSSR count). The summed E-state index contributed by atoms with van der Waals surface area (Å²) in [5.41, 5.74) is 3.41. The van der Waals surface area contributed by atoms with Gasteiger partial charge in [-0.05, 0) is 54.4 Å². The van der Waals surface area contributed by atoms with E-state index in [0.29, 0.717) is 23.7 Å². The number of nitrogens with zero attached hydrogens (tertiary/aromatic N) is 1. The van der Waals surface area contributed by atoms with Gasteiger partial charge in [0, 0.05) is 18.3 Å². The second-order valence-electron chi connectivity index (χ2n) is 6.29. The maximum atomic E-state index is 12.5. The fraction of sp³-hybridized carbons (Fsp3) is 0.182. The van der Waals surface area contributed by atoms with Crippen molar-refractivity contribution in [2.75, 3.05) is 19.5 Å². The summed E-state index contributed by atoms with van der Waals surface area (Å²) in [6, 6.07) is 16.8. The van der Waals surface area contributed by atoms with Crippen molar-refractivity contribution < 1.29 is 14.3 Å². The van der Waals surface area contributed by atoms with Crippen LogP contribution >= 0.6 is 0 Å². The molecule has 0 unspecified atom stereocenters. The first kappa shape index (κ1) is 19.2. The highest BCUT2D eigenvalue weighted by molar-refractivity contribution is 5.94. The van der Waals surface area contributed by atoms with Crippen molar-refractivity contribution in [3.63, 3.8) is 0 Å². The molecule has 6 heteroatoms. The Morgan fingerprint density at radius 1 is 1.00 bits per heavy atom. The molecule has 0 atom stereocenters. The lowest BCUT2D eigenvalue weighted by Crippen LogP contribution is -2.22. The molecular weight excluding hydrogens is 354 g/mol. The average Bonchev–Trinajstić information content (AvgIpc) is 2.73. The van der Waals surface area contributed by atoms with Crippen molar-refractivity contribution in [2.45, 2.75) is 13.5 Å². The minimum atomic E-state index is -0.169. The summed E-state index contributed by atoms with van der Waals surface area (Å²) >= 11 is 0. The number of hydrogen-bond acceptors (Lipinski definition) is 5. The quantitative estimate of drug-likeness (QED) is 0.649. The lowest BCUT2D eigenvalue weighted by molar-refractivity contribution is 0.0951. The number of rotatable bonds is 7. The van der Waals surface area contributed by atoms with Crippen LogP contribution in [0.4, 0.5) is 11.5 Å². The van der Waals surface area contributed by atoms with Gasteiger partial charge in [0.2, 0.25) is 0 Å². The molecule has 144 valence electrons. The second kappa shape index (κ2) is 8.90. The highest BCUT2D eigenvalue weighted by atomic mass is 16.5. The van der Waals surface area contributed by atoms with Crippen molar-refractivity contribution in [1.29, 1.82) is 0 Å². The van der Waals surface area contributed by atoms with Crippen LogP contribution in [0.1, 0.15) is 21.5 Å². The SMILES string of the molecule is COc1ccc(CNC(=O)c2ccnc(Nc3cc(C)ccc3OC)c2)cc1. The summed E-state index contributed by atoms with van der Waals surface area (Å²) in [6.45, 7) is 2.43. The highest BCUT2D eigenvalue weighted by Crippen LogP contribution is 2.28. The van der Waals surface area contributed by atoms with Gasteiger partial charge >= 0.3 is 0 Å². The van der Waals surface area contributed by atoms with Crippen molar-refractivity contribution in [3.05, 3.63) is 77.5 Å². The molecular formula is C22H23N3O3. The first-order valence-corrected chi connectivity index (χ1v) is 8.88. The van der Waals surface area contributed by atoms with Crippen LogP contribution in [0.5, 0.6) is 11.5 Å². The van der Waals surface area contributed by atoms with Crippen LogP contribution in [0.2, 0.25) is 0 Å². The third kappa shape index (κ3) is 4.79. The summed E-state index contributed by atoms with van der Waals surface area (Å²) in [4.78, 5) is 16.8. The van der Waals surface area contributed by atoms with Gasteiger partial charge in [-0.1, -0.05) is 18.2 Å². The summed E-state index contributed by atoms with van der Waals surface area (Å²) in [7, 11) is 3.24. The van der Waals surface area contributed by atoms with Gasteiger partial charge in [0.05, 0.1) is 19.9 Å². The number of methoxy groups -OCH3 is 2. The maximum Gasteiger partial charge on any atom is 0.251 e. The Morgan fingerprint density at radius 3 is 2.50 bits per heavy atom. The van der Waals surface area contributed by atoms with Gasteiger partial charge < -0.3 is 20.1 Å². The zero-order valence-corrected chi connectivity index (χ0v) is 16.2. The van der Waals surface area contributed by atoms with Crippen LogP contribution in [0.25, 0.3) is 0 Å². The Labute approximate surface area is 164 Å². The maximum absolute atomic E-state index is 12.5. The van der Waals surface area contributed by atoms with E-state index in [1.165, 1.54) is 0 Å². The smallest absolute Gasteiger partial charge is 0.251 e. The molecule has 1 heterocycles. The first-order valence-electron chi connectivity index (χ1n) is 8.88. The molecule has 0 aliphatic carbocycles. The standard InChI is InChI=1S/C22H23N3O3/c1-15-4-9-20(28-3)19(12-15)25-21-13-17(10-11-23-21)22(26)24-14-16-5-7-18(27-2)8-6-16/h4-13H,14H2,1-3H3,(H,23,25)(H,24,26). The zero-order valence-electron chi connectivity index (χ0n) is 16.2. The van der Waals surface area contributed by atoms with Crippen LogP contribution < -0.4 is 20.1 Å². The predicted molar refractivity (Wildman–Crippen MR) is 109 cm³/mol. The number of amides is 1. The number of ether oxygens (including phenoxy) is 2. The van der Waals surface area contributed by atoms with E-state index in [9.17, 15) is 4.79 Å². The summed E-state index contributed by atoms with van der Waals surface area (Å²) in [5.74, 6) is 1.90. The highest BCUT2D eigenvalue weighted by Gasteiger charge is 2.09. The van der Waals surface area contributed by atoms with Gasteiger partial charge in [0.25, 0.3) is 5.91 Å². The number of pyridine rings is 1. The fourth-order valence-corrected chi connectivity index (χ4v) is 2.73. The van der Waals surface area contributed by atoms with Gasteiger partial charge in [-0.15, -0.1) is 0 Å². The predicted octanol–water partition coefficient (Wildman–Crippen LogP) is 4.08. The average molecular weight is 377 g/mol. The van der Waals surface area contributed by atoms with E-state index < -0.39 is 0 Å². The lowest BCUT2D eigenvalue weighted by Gasteiger charge is -2.12.